The van der Waals surface area contributed by atoms with E-state index in [2.05, 4.69) is 43.9 Å². The first-order valence-corrected chi connectivity index (χ1v) is 9.52. The Bertz CT molecular complexity index is 272. The van der Waals surface area contributed by atoms with Crippen molar-refractivity contribution in [2.75, 3.05) is 38.7 Å². The second-order valence-corrected chi connectivity index (χ2v) is 7.64. The molecule has 1 aliphatic heterocycles. The second-order valence-electron chi connectivity index (χ2n) is 6.65. The first-order valence-electron chi connectivity index (χ1n) is 8.13. The fourth-order valence-electron chi connectivity index (χ4n) is 3.37. The van der Waals surface area contributed by atoms with Crippen LogP contribution < -0.4 is 5.73 Å². The van der Waals surface area contributed by atoms with E-state index in [-0.39, 0.29) is 5.54 Å². The van der Waals surface area contributed by atoms with E-state index < -0.39 is 0 Å². The van der Waals surface area contributed by atoms with E-state index in [0.29, 0.717) is 12.1 Å². The summed E-state index contributed by atoms with van der Waals surface area (Å²) < 4.78 is 0. The molecular formula is C16H35N3S. The second kappa shape index (κ2) is 8.62. The van der Waals surface area contributed by atoms with Gasteiger partial charge >= 0.3 is 0 Å². The van der Waals surface area contributed by atoms with E-state index in [9.17, 15) is 0 Å². The maximum Gasteiger partial charge on any atom is 0.0344 e. The molecule has 0 aliphatic carbocycles. The summed E-state index contributed by atoms with van der Waals surface area (Å²) in [6, 6.07) is 1.28. The highest BCUT2D eigenvalue weighted by molar-refractivity contribution is 7.98. The maximum absolute atomic E-state index is 6.23. The number of nitrogens with two attached hydrogens (primary N) is 1. The number of thioether (sulfide) groups is 1. The molecule has 1 rings (SSSR count). The quantitative estimate of drug-likeness (QED) is 0.783. The van der Waals surface area contributed by atoms with Gasteiger partial charge < -0.3 is 10.6 Å². The van der Waals surface area contributed by atoms with Crippen molar-refractivity contribution in [2.45, 2.75) is 64.1 Å². The van der Waals surface area contributed by atoms with Gasteiger partial charge in [0.25, 0.3) is 0 Å². The summed E-state index contributed by atoms with van der Waals surface area (Å²) in [5.74, 6) is 1.24. The predicted octanol–water partition coefficient (Wildman–Crippen LogP) is 2.65. The normalized spacial score (nSPS) is 27.0. The van der Waals surface area contributed by atoms with Crippen LogP contribution in [0, 0.1) is 0 Å². The van der Waals surface area contributed by atoms with Crippen LogP contribution in [0.2, 0.25) is 0 Å². The van der Waals surface area contributed by atoms with Crippen molar-refractivity contribution in [1.82, 2.24) is 9.80 Å². The van der Waals surface area contributed by atoms with Crippen LogP contribution in [0.5, 0.6) is 0 Å². The van der Waals surface area contributed by atoms with Crippen LogP contribution in [-0.4, -0.2) is 66.1 Å². The Morgan fingerprint density at radius 3 is 2.50 bits per heavy atom. The third-order valence-electron chi connectivity index (χ3n) is 5.21. The molecule has 0 saturated carbocycles. The number of hydrogen-bond acceptors (Lipinski definition) is 4. The van der Waals surface area contributed by atoms with Crippen molar-refractivity contribution in [3.05, 3.63) is 0 Å². The molecule has 3 nitrogen and oxygen atoms in total. The lowest BCUT2D eigenvalue weighted by Gasteiger charge is -2.44. The van der Waals surface area contributed by atoms with Gasteiger partial charge in [0, 0.05) is 30.7 Å². The summed E-state index contributed by atoms with van der Waals surface area (Å²) in [5.41, 5.74) is 6.44. The molecular weight excluding hydrogens is 266 g/mol. The van der Waals surface area contributed by atoms with Gasteiger partial charge in [0.2, 0.25) is 0 Å². The topological polar surface area (TPSA) is 32.5 Å². The molecule has 2 unspecified atom stereocenters. The Balaban J connectivity index is 2.70. The molecule has 0 amide bonds. The number of likely N-dealkylation sites (tertiary alicyclic amines) is 1. The summed E-state index contributed by atoms with van der Waals surface area (Å²) in [7, 11) is 2.29. The summed E-state index contributed by atoms with van der Waals surface area (Å²) in [4.78, 5) is 5.20. The van der Waals surface area contributed by atoms with Gasteiger partial charge in [-0.05, 0) is 72.1 Å². The van der Waals surface area contributed by atoms with Crippen LogP contribution in [0.1, 0.15) is 46.5 Å². The number of nitrogens with zero attached hydrogens (tertiary/aromatic N) is 2. The van der Waals surface area contributed by atoms with Crippen molar-refractivity contribution in [2.24, 2.45) is 5.73 Å². The molecule has 2 N–H and O–H groups in total. The van der Waals surface area contributed by atoms with Crippen LogP contribution in [0.15, 0.2) is 0 Å². The summed E-state index contributed by atoms with van der Waals surface area (Å²) in [6.45, 7) is 10.2. The van der Waals surface area contributed by atoms with E-state index >= 15 is 0 Å². The number of hydrogen-bond donors (Lipinski definition) is 1. The Morgan fingerprint density at radius 2 is 1.95 bits per heavy atom. The van der Waals surface area contributed by atoms with E-state index in [1.807, 2.05) is 11.8 Å². The molecule has 1 aliphatic rings. The fourth-order valence-corrected chi connectivity index (χ4v) is 3.94. The third-order valence-corrected chi connectivity index (χ3v) is 5.86. The smallest absolute Gasteiger partial charge is 0.0344 e. The number of rotatable bonds is 7. The standard InChI is InChI=1S/C16H35N3S/c1-14(2)19-10-6-8-16(13-17,9-11-19)18(4)15(3)7-12-20-5/h14-15H,6-13,17H2,1-5H3. The molecule has 1 saturated heterocycles. The first kappa shape index (κ1) is 18.3. The minimum atomic E-state index is 0.210. The van der Waals surface area contributed by atoms with Gasteiger partial charge in [-0.25, -0.2) is 0 Å². The molecule has 0 radical (unpaired) electrons. The van der Waals surface area contributed by atoms with Gasteiger partial charge in [-0.15, -0.1) is 0 Å². The highest BCUT2D eigenvalue weighted by Crippen LogP contribution is 2.30. The Kier molecular flexibility index (Phi) is 7.88. The lowest BCUT2D eigenvalue weighted by atomic mass is 9.87. The summed E-state index contributed by atoms with van der Waals surface area (Å²) >= 11 is 1.94. The third kappa shape index (κ3) is 4.62. The van der Waals surface area contributed by atoms with Crippen LogP contribution in [0.4, 0.5) is 0 Å². The largest absolute Gasteiger partial charge is 0.329 e. The SMILES string of the molecule is CSCCC(C)N(C)C1(CN)CCCN(C(C)C)CC1. The Hall–Kier alpha value is 0.230. The van der Waals surface area contributed by atoms with Gasteiger partial charge in [0.15, 0.2) is 0 Å². The van der Waals surface area contributed by atoms with Crippen LogP contribution in [0.25, 0.3) is 0 Å². The zero-order valence-corrected chi connectivity index (χ0v) is 15.0. The minimum Gasteiger partial charge on any atom is -0.329 e. The van der Waals surface area contributed by atoms with E-state index in [1.165, 1.54) is 44.5 Å². The van der Waals surface area contributed by atoms with Gasteiger partial charge in [-0.1, -0.05) is 0 Å². The van der Waals surface area contributed by atoms with Crippen LogP contribution >= 0.6 is 11.8 Å². The minimum absolute atomic E-state index is 0.210. The van der Waals surface area contributed by atoms with E-state index in [1.54, 1.807) is 0 Å². The maximum atomic E-state index is 6.23. The molecule has 0 aromatic heterocycles. The monoisotopic (exact) mass is 301 g/mol. The van der Waals surface area contributed by atoms with Gasteiger partial charge in [-0.2, -0.15) is 11.8 Å². The molecule has 2 atom stereocenters. The molecule has 0 spiro atoms. The average Bonchev–Trinajstić information content (AvgIpc) is 2.67. The van der Waals surface area contributed by atoms with Crippen LogP contribution in [0.3, 0.4) is 0 Å². The summed E-state index contributed by atoms with van der Waals surface area (Å²) in [5, 5.41) is 0. The molecule has 4 heteroatoms. The van der Waals surface area contributed by atoms with Crippen molar-refractivity contribution < 1.29 is 0 Å². The van der Waals surface area contributed by atoms with E-state index in [4.69, 9.17) is 5.73 Å². The Morgan fingerprint density at radius 1 is 1.25 bits per heavy atom. The fraction of sp³-hybridized carbons (Fsp3) is 1.00. The molecule has 120 valence electrons. The van der Waals surface area contributed by atoms with Crippen molar-refractivity contribution in [3.63, 3.8) is 0 Å². The van der Waals surface area contributed by atoms with Crippen molar-refractivity contribution >= 4 is 11.8 Å². The lowest BCUT2D eigenvalue weighted by Crippen LogP contribution is -2.56. The molecule has 20 heavy (non-hydrogen) atoms. The molecule has 1 heterocycles. The highest BCUT2D eigenvalue weighted by atomic mass is 32.2. The lowest BCUT2D eigenvalue weighted by molar-refractivity contribution is 0.0672. The van der Waals surface area contributed by atoms with Gasteiger partial charge in [0.1, 0.15) is 0 Å². The first-order chi connectivity index (χ1) is 9.46. The average molecular weight is 302 g/mol. The predicted molar refractivity (Wildman–Crippen MR) is 92.6 cm³/mol. The van der Waals surface area contributed by atoms with Crippen LogP contribution in [-0.2, 0) is 0 Å². The number of likely N-dealkylation sites (N-methyl/N-ethyl adjacent to an activating group) is 1. The van der Waals surface area contributed by atoms with E-state index in [0.717, 1.165) is 6.54 Å². The Labute approximate surface area is 130 Å². The van der Waals surface area contributed by atoms with Crippen molar-refractivity contribution in [1.29, 1.82) is 0 Å². The van der Waals surface area contributed by atoms with Crippen molar-refractivity contribution in [3.8, 4) is 0 Å². The van der Waals surface area contributed by atoms with Gasteiger partial charge in [-0.3, -0.25) is 4.90 Å². The zero-order chi connectivity index (χ0) is 15.2. The highest BCUT2D eigenvalue weighted by Gasteiger charge is 2.37. The summed E-state index contributed by atoms with van der Waals surface area (Å²) in [6.07, 6.45) is 7.18. The molecule has 0 aromatic carbocycles. The molecule has 1 fully saturated rings. The zero-order valence-electron chi connectivity index (χ0n) is 14.2. The van der Waals surface area contributed by atoms with Gasteiger partial charge in [0.05, 0.1) is 0 Å². The molecule has 0 aromatic rings. The molecule has 0 bridgehead atoms.